The van der Waals surface area contributed by atoms with Crippen LogP contribution in [0.3, 0.4) is 0 Å². The molecule has 22 heavy (non-hydrogen) atoms. The second kappa shape index (κ2) is 2.99. The maximum absolute atomic E-state index is 2.76. The smallest absolute Gasteiger partial charge is 0.0150 e. The van der Waals surface area contributed by atoms with E-state index in [0.29, 0.717) is 37.9 Å². The molecule has 7 aliphatic carbocycles. The quantitative estimate of drug-likeness (QED) is 0.492. The Balaban J connectivity index is 1.91. The summed E-state index contributed by atoms with van der Waals surface area (Å²) < 4.78 is 0. The molecule has 0 heteroatoms. The molecule has 0 heterocycles. The van der Waals surface area contributed by atoms with E-state index in [0.717, 1.165) is 11.8 Å². The molecule has 0 nitrogen and oxygen atoms in total. The van der Waals surface area contributed by atoms with Gasteiger partial charge in [-0.3, -0.25) is 0 Å². The summed E-state index contributed by atoms with van der Waals surface area (Å²) in [6.07, 6.45) is 7.63. The molecule has 0 aromatic heterocycles. The van der Waals surface area contributed by atoms with Crippen molar-refractivity contribution >= 4 is 0 Å². The van der Waals surface area contributed by atoms with Crippen LogP contribution in [-0.4, -0.2) is 0 Å². The molecule has 7 fully saturated rings. The number of hydrogen-bond donors (Lipinski definition) is 0. The Kier molecular flexibility index (Phi) is 1.95. The van der Waals surface area contributed by atoms with Crippen molar-refractivity contribution in [2.45, 2.75) is 87.5 Å². The summed E-state index contributed by atoms with van der Waals surface area (Å²) in [6.45, 7) is 21.4. The van der Waals surface area contributed by atoms with Crippen LogP contribution in [0.1, 0.15) is 87.5 Å². The highest BCUT2D eigenvalue weighted by Crippen LogP contribution is 2.98. The predicted octanol–water partition coefficient (Wildman–Crippen LogP) is 6.30. The summed E-state index contributed by atoms with van der Waals surface area (Å²) >= 11 is 0. The monoisotopic (exact) mass is 300 g/mol. The predicted molar refractivity (Wildman–Crippen MR) is 92.5 cm³/mol. The molecule has 0 aromatic carbocycles. The molecule has 0 radical (unpaired) electrons. The van der Waals surface area contributed by atoms with Crippen molar-refractivity contribution in [2.24, 2.45) is 49.7 Å². The van der Waals surface area contributed by atoms with E-state index < -0.39 is 0 Å². The lowest BCUT2D eigenvalue weighted by Gasteiger charge is -2.81. The summed E-state index contributed by atoms with van der Waals surface area (Å²) in [6, 6.07) is 0. The molecule has 0 aliphatic heterocycles. The zero-order valence-corrected chi connectivity index (χ0v) is 16.2. The Hall–Kier alpha value is 0. The Morgan fingerprint density at radius 1 is 0.773 bits per heavy atom. The lowest BCUT2D eigenvalue weighted by atomic mass is 9.23. The lowest BCUT2D eigenvalue weighted by Crippen LogP contribution is -2.75. The summed E-state index contributed by atoms with van der Waals surface area (Å²) in [7, 11) is 0. The first kappa shape index (κ1) is 14.4. The summed E-state index contributed by atoms with van der Waals surface area (Å²) in [5.41, 5.74) is 4.04. The number of rotatable bonds is 0. The second-order valence-corrected chi connectivity index (χ2v) is 12.1. The van der Waals surface area contributed by atoms with Crippen LogP contribution in [0.4, 0.5) is 0 Å². The zero-order chi connectivity index (χ0) is 16.2. The molecule has 7 rings (SSSR count). The average Bonchev–Trinajstić information content (AvgIpc) is 2.65. The highest BCUT2D eigenvalue weighted by molar-refractivity contribution is 5.40. The average molecular weight is 301 g/mol. The van der Waals surface area contributed by atoms with Crippen molar-refractivity contribution in [3.63, 3.8) is 0 Å². The normalized spacial score (nSPS) is 73.1. The first-order chi connectivity index (χ1) is 9.86. The van der Waals surface area contributed by atoms with Gasteiger partial charge < -0.3 is 0 Å². The minimum atomic E-state index is 0.501. The van der Waals surface area contributed by atoms with Gasteiger partial charge in [0, 0.05) is 0 Å². The summed E-state index contributed by atoms with van der Waals surface area (Å²) in [5, 5.41) is 0. The van der Waals surface area contributed by atoms with Crippen LogP contribution in [0, 0.1) is 49.7 Å². The molecule has 0 N–H and O–H groups in total. The van der Waals surface area contributed by atoms with Gasteiger partial charge in [-0.2, -0.15) is 0 Å². The van der Waals surface area contributed by atoms with Crippen LogP contribution in [0.5, 0.6) is 0 Å². The molecule has 0 aromatic rings. The van der Waals surface area contributed by atoms with E-state index in [9.17, 15) is 0 Å². The summed E-state index contributed by atoms with van der Waals surface area (Å²) in [5.74, 6) is 1.81. The number of hydrogen-bond acceptors (Lipinski definition) is 0. The van der Waals surface area contributed by atoms with Crippen molar-refractivity contribution in [3.8, 4) is 0 Å². The van der Waals surface area contributed by atoms with E-state index in [1.54, 1.807) is 6.42 Å². The molecule has 0 saturated heterocycles. The molecule has 8 unspecified atom stereocenters. The first-order valence-electron chi connectivity index (χ1n) is 9.86. The molecule has 6 bridgehead atoms. The summed E-state index contributed by atoms with van der Waals surface area (Å²) in [4.78, 5) is 0. The van der Waals surface area contributed by atoms with Gasteiger partial charge in [0.15, 0.2) is 0 Å². The topological polar surface area (TPSA) is 0 Å². The van der Waals surface area contributed by atoms with Crippen molar-refractivity contribution in [1.82, 2.24) is 0 Å². The van der Waals surface area contributed by atoms with Crippen LogP contribution >= 0.6 is 0 Å². The van der Waals surface area contributed by atoms with Crippen molar-refractivity contribution in [2.75, 3.05) is 0 Å². The molecular formula is C22H36. The first-order valence-corrected chi connectivity index (χ1v) is 9.86. The largest absolute Gasteiger partial charge is 0.0619 e. The third-order valence-electron chi connectivity index (χ3n) is 12.3. The van der Waals surface area contributed by atoms with Gasteiger partial charge in [-0.1, -0.05) is 55.4 Å². The molecule has 7 aliphatic rings. The Labute approximate surface area is 137 Å². The van der Waals surface area contributed by atoms with E-state index in [4.69, 9.17) is 0 Å². The van der Waals surface area contributed by atoms with Crippen LogP contribution in [0.2, 0.25) is 0 Å². The minimum absolute atomic E-state index is 0.501. The third-order valence-corrected chi connectivity index (χ3v) is 12.3. The molecule has 0 amide bonds. The van der Waals surface area contributed by atoms with Gasteiger partial charge >= 0.3 is 0 Å². The second-order valence-electron chi connectivity index (χ2n) is 12.1. The molecule has 124 valence electrons. The van der Waals surface area contributed by atoms with Crippen molar-refractivity contribution in [1.29, 1.82) is 0 Å². The maximum atomic E-state index is 2.76. The highest BCUT2D eigenvalue weighted by atomic mass is 15.0. The fraction of sp³-hybridized carbons (Fsp3) is 1.00. The van der Waals surface area contributed by atoms with Gasteiger partial charge in [-0.25, -0.2) is 0 Å². The maximum Gasteiger partial charge on any atom is -0.0150 e. The van der Waals surface area contributed by atoms with Gasteiger partial charge in [-0.15, -0.1) is 0 Å². The molecule has 7 saturated carbocycles. The van der Waals surface area contributed by atoms with E-state index in [1.807, 2.05) is 0 Å². The van der Waals surface area contributed by atoms with Crippen LogP contribution < -0.4 is 0 Å². The van der Waals surface area contributed by atoms with Crippen molar-refractivity contribution < 1.29 is 0 Å². The minimum Gasteiger partial charge on any atom is -0.0619 e. The Morgan fingerprint density at radius 2 is 1.41 bits per heavy atom. The van der Waals surface area contributed by atoms with Crippen molar-refractivity contribution in [3.05, 3.63) is 0 Å². The lowest BCUT2D eigenvalue weighted by molar-refractivity contribution is -0.330. The fourth-order valence-corrected chi connectivity index (χ4v) is 11.2. The van der Waals surface area contributed by atoms with Gasteiger partial charge in [0.25, 0.3) is 0 Å². The van der Waals surface area contributed by atoms with E-state index in [-0.39, 0.29) is 0 Å². The third kappa shape index (κ3) is 0.853. The van der Waals surface area contributed by atoms with Gasteiger partial charge in [0.1, 0.15) is 0 Å². The fourth-order valence-electron chi connectivity index (χ4n) is 11.2. The van der Waals surface area contributed by atoms with E-state index in [1.165, 1.54) is 25.7 Å². The van der Waals surface area contributed by atoms with Crippen LogP contribution in [0.15, 0.2) is 0 Å². The molecule has 2 spiro atoms. The van der Waals surface area contributed by atoms with Gasteiger partial charge in [0.2, 0.25) is 0 Å². The zero-order valence-electron chi connectivity index (χ0n) is 16.2. The molecule has 8 atom stereocenters. The van der Waals surface area contributed by atoms with Crippen LogP contribution in [0.25, 0.3) is 0 Å². The highest BCUT2D eigenvalue weighted by Gasteiger charge is 2.92. The Bertz CT molecular complexity index is 597. The van der Waals surface area contributed by atoms with Gasteiger partial charge in [-0.05, 0) is 81.8 Å². The molecular weight excluding hydrogens is 264 g/mol. The standard InChI is InChI=1S/C22H36/c1-14-9-22-11-17(5)15(2)21(13-22)10-16(3,4)18(6,12-21)19(14,7)20(17,22)8/h14-15H,9-13H2,1-8H3. The SMILES string of the molecule is CC1C23CC(C)(C)C(C)(C2)C2(C)C(C)CC4(C3)CC1(C)C42C. The van der Waals surface area contributed by atoms with E-state index >= 15 is 0 Å². The van der Waals surface area contributed by atoms with Crippen LogP contribution in [-0.2, 0) is 0 Å². The van der Waals surface area contributed by atoms with E-state index in [2.05, 4.69) is 55.4 Å². The Morgan fingerprint density at radius 3 is 2.05 bits per heavy atom. The van der Waals surface area contributed by atoms with Gasteiger partial charge in [0.05, 0.1) is 0 Å².